The number of nitrogens with zero attached hydrogens (tertiary/aromatic N) is 1. The number of hydrogen-bond acceptors (Lipinski definition) is 3. The Labute approximate surface area is 72.9 Å². The van der Waals surface area contributed by atoms with Crippen molar-refractivity contribution in [2.24, 2.45) is 10.9 Å². The van der Waals surface area contributed by atoms with Crippen molar-refractivity contribution in [1.82, 2.24) is 4.31 Å². The topological polar surface area (TPSA) is 89.4 Å². The van der Waals surface area contributed by atoms with Gasteiger partial charge in [-0.05, 0) is 19.3 Å². The van der Waals surface area contributed by atoms with E-state index in [-0.39, 0.29) is 6.04 Å². The third-order valence-electron chi connectivity index (χ3n) is 2.09. The Morgan fingerprint density at radius 3 is 2.50 bits per heavy atom. The van der Waals surface area contributed by atoms with E-state index in [0.29, 0.717) is 19.5 Å². The van der Waals surface area contributed by atoms with Gasteiger partial charge in [-0.15, -0.1) is 0 Å². The Morgan fingerprint density at radius 1 is 1.25 bits per heavy atom. The molecule has 5 nitrogen and oxygen atoms in total. The van der Waals surface area contributed by atoms with Gasteiger partial charge in [0.25, 0.3) is 10.2 Å². The largest absolute Gasteiger partial charge is 0.328 e. The van der Waals surface area contributed by atoms with Gasteiger partial charge in [0, 0.05) is 19.1 Å². The minimum atomic E-state index is -3.49. The van der Waals surface area contributed by atoms with Crippen LogP contribution in [0, 0.1) is 0 Å². The second-order valence-electron chi connectivity index (χ2n) is 3.13. The summed E-state index contributed by atoms with van der Waals surface area (Å²) in [7, 11) is -3.49. The van der Waals surface area contributed by atoms with Crippen LogP contribution in [0.2, 0.25) is 0 Å². The molecule has 0 radical (unpaired) electrons. The molecule has 0 aromatic heterocycles. The lowest BCUT2D eigenvalue weighted by Gasteiger charge is -2.15. The number of rotatable bonds is 1. The standard InChI is InChI=1S/C6H15N3O2S/c7-6-2-1-4-9(5-3-6)12(8,10)11/h6H,1-5,7H2,(H2,8,10,11). The smallest absolute Gasteiger partial charge is 0.276 e. The van der Waals surface area contributed by atoms with E-state index in [2.05, 4.69) is 0 Å². The number of hydrogen-bond donors (Lipinski definition) is 2. The van der Waals surface area contributed by atoms with E-state index in [1.807, 2.05) is 0 Å². The van der Waals surface area contributed by atoms with Crippen molar-refractivity contribution >= 4 is 10.2 Å². The van der Waals surface area contributed by atoms with Gasteiger partial charge in [-0.2, -0.15) is 12.7 Å². The summed E-state index contributed by atoms with van der Waals surface area (Å²) < 4.78 is 23.1. The molecule has 72 valence electrons. The van der Waals surface area contributed by atoms with E-state index in [4.69, 9.17) is 10.9 Å². The molecule has 0 amide bonds. The normalized spacial score (nSPS) is 28.3. The fraction of sp³-hybridized carbons (Fsp3) is 1.00. The molecular formula is C6H15N3O2S. The maximum absolute atomic E-state index is 10.9. The van der Waals surface area contributed by atoms with E-state index in [0.717, 1.165) is 12.8 Å². The van der Waals surface area contributed by atoms with Crippen molar-refractivity contribution in [1.29, 1.82) is 0 Å². The SMILES string of the molecule is NC1CCCN(S(N)(=O)=O)CC1. The summed E-state index contributed by atoms with van der Waals surface area (Å²) in [5.41, 5.74) is 5.68. The fourth-order valence-corrected chi connectivity index (χ4v) is 2.09. The zero-order valence-corrected chi connectivity index (χ0v) is 7.76. The van der Waals surface area contributed by atoms with Gasteiger partial charge in [0.2, 0.25) is 0 Å². The van der Waals surface area contributed by atoms with Crippen molar-refractivity contribution in [2.45, 2.75) is 25.3 Å². The first kappa shape index (κ1) is 9.91. The molecule has 0 aromatic rings. The van der Waals surface area contributed by atoms with Crippen LogP contribution in [-0.2, 0) is 10.2 Å². The number of nitrogens with two attached hydrogens (primary N) is 2. The van der Waals surface area contributed by atoms with Gasteiger partial charge in [0.1, 0.15) is 0 Å². The average Bonchev–Trinajstić information content (AvgIpc) is 2.11. The Hall–Kier alpha value is -0.170. The Balaban J connectivity index is 2.58. The van der Waals surface area contributed by atoms with Crippen LogP contribution < -0.4 is 10.9 Å². The van der Waals surface area contributed by atoms with Crippen molar-refractivity contribution in [2.75, 3.05) is 13.1 Å². The minimum Gasteiger partial charge on any atom is -0.328 e. The third kappa shape index (κ3) is 2.71. The monoisotopic (exact) mass is 193 g/mol. The first-order valence-corrected chi connectivity index (χ1v) is 5.54. The molecule has 1 aliphatic heterocycles. The van der Waals surface area contributed by atoms with Crippen LogP contribution in [0.1, 0.15) is 19.3 Å². The fourth-order valence-electron chi connectivity index (χ4n) is 1.35. The molecule has 1 heterocycles. The van der Waals surface area contributed by atoms with E-state index in [9.17, 15) is 8.42 Å². The molecule has 1 aliphatic rings. The second kappa shape index (κ2) is 3.69. The molecule has 1 unspecified atom stereocenters. The molecule has 4 N–H and O–H groups in total. The van der Waals surface area contributed by atoms with Crippen molar-refractivity contribution in [3.05, 3.63) is 0 Å². The zero-order chi connectivity index (χ0) is 9.19. The lowest BCUT2D eigenvalue weighted by molar-refractivity contribution is 0.422. The molecule has 1 fully saturated rings. The van der Waals surface area contributed by atoms with Crippen LogP contribution in [0.5, 0.6) is 0 Å². The van der Waals surface area contributed by atoms with Crippen molar-refractivity contribution in [3.63, 3.8) is 0 Å². The maximum Gasteiger partial charge on any atom is 0.276 e. The van der Waals surface area contributed by atoms with Crippen molar-refractivity contribution in [3.8, 4) is 0 Å². The molecular weight excluding hydrogens is 178 g/mol. The van der Waals surface area contributed by atoms with Gasteiger partial charge in [0.15, 0.2) is 0 Å². The quantitative estimate of drug-likeness (QED) is 0.560. The third-order valence-corrected chi connectivity index (χ3v) is 3.18. The van der Waals surface area contributed by atoms with Crippen LogP contribution in [0.25, 0.3) is 0 Å². The highest BCUT2D eigenvalue weighted by atomic mass is 32.2. The van der Waals surface area contributed by atoms with E-state index >= 15 is 0 Å². The predicted molar refractivity (Wildman–Crippen MR) is 46.5 cm³/mol. The Kier molecular flexibility index (Phi) is 3.05. The van der Waals surface area contributed by atoms with Crippen molar-refractivity contribution < 1.29 is 8.42 Å². The summed E-state index contributed by atoms with van der Waals surface area (Å²) in [6.07, 6.45) is 2.39. The molecule has 6 heteroatoms. The Morgan fingerprint density at radius 2 is 1.92 bits per heavy atom. The van der Waals surface area contributed by atoms with Gasteiger partial charge in [0.05, 0.1) is 0 Å². The molecule has 0 spiro atoms. The van der Waals surface area contributed by atoms with E-state index in [1.165, 1.54) is 4.31 Å². The van der Waals surface area contributed by atoms with Gasteiger partial charge >= 0.3 is 0 Å². The average molecular weight is 193 g/mol. The second-order valence-corrected chi connectivity index (χ2v) is 4.68. The van der Waals surface area contributed by atoms with Crippen LogP contribution in [-0.4, -0.2) is 31.9 Å². The lowest BCUT2D eigenvalue weighted by atomic mass is 10.1. The molecule has 1 saturated heterocycles. The summed E-state index contributed by atoms with van der Waals surface area (Å²) in [5, 5.41) is 4.98. The van der Waals surface area contributed by atoms with Crippen LogP contribution in [0.4, 0.5) is 0 Å². The highest BCUT2D eigenvalue weighted by Gasteiger charge is 2.20. The molecule has 0 saturated carbocycles. The molecule has 0 bridgehead atoms. The first-order chi connectivity index (χ1) is 5.50. The van der Waals surface area contributed by atoms with Crippen LogP contribution >= 0.6 is 0 Å². The van der Waals surface area contributed by atoms with E-state index < -0.39 is 10.2 Å². The maximum atomic E-state index is 10.9. The van der Waals surface area contributed by atoms with Crippen LogP contribution in [0.15, 0.2) is 0 Å². The van der Waals surface area contributed by atoms with Gasteiger partial charge in [-0.1, -0.05) is 0 Å². The molecule has 0 aromatic carbocycles. The summed E-state index contributed by atoms with van der Waals surface area (Å²) in [6.45, 7) is 0.965. The van der Waals surface area contributed by atoms with Gasteiger partial charge in [-0.25, -0.2) is 5.14 Å². The summed E-state index contributed by atoms with van der Waals surface area (Å²) in [4.78, 5) is 0. The van der Waals surface area contributed by atoms with Crippen LogP contribution in [0.3, 0.4) is 0 Å². The molecule has 0 aliphatic carbocycles. The summed E-state index contributed by atoms with van der Waals surface area (Å²) in [5.74, 6) is 0. The predicted octanol–water partition coefficient (Wildman–Crippen LogP) is -0.997. The summed E-state index contributed by atoms with van der Waals surface area (Å²) >= 11 is 0. The highest BCUT2D eigenvalue weighted by Crippen LogP contribution is 2.10. The summed E-state index contributed by atoms with van der Waals surface area (Å²) in [6, 6.07) is 0.122. The highest BCUT2D eigenvalue weighted by molar-refractivity contribution is 7.86. The lowest BCUT2D eigenvalue weighted by Crippen LogP contribution is -2.37. The molecule has 12 heavy (non-hydrogen) atoms. The first-order valence-electron chi connectivity index (χ1n) is 4.03. The zero-order valence-electron chi connectivity index (χ0n) is 6.94. The van der Waals surface area contributed by atoms with Gasteiger partial charge in [-0.3, -0.25) is 0 Å². The molecule has 1 rings (SSSR count). The Bertz CT molecular complexity index is 239. The minimum absolute atomic E-state index is 0.122. The molecule has 1 atom stereocenters. The van der Waals surface area contributed by atoms with E-state index in [1.54, 1.807) is 0 Å². The van der Waals surface area contributed by atoms with Gasteiger partial charge < -0.3 is 5.73 Å².